The monoisotopic (exact) mass is 522 g/mol. The third-order valence-electron chi connectivity index (χ3n) is 7.40. The maximum absolute atomic E-state index is 3.76. The Labute approximate surface area is 235 Å². The maximum Gasteiger partial charge on any atom is 0.0366 e. The van der Waals surface area contributed by atoms with Crippen molar-refractivity contribution in [1.29, 1.82) is 0 Å². The lowest BCUT2D eigenvalue weighted by Crippen LogP contribution is -2.47. The maximum atomic E-state index is 3.76. The number of rotatable bonds is 21. The van der Waals surface area contributed by atoms with Crippen LogP contribution in [0, 0.1) is 0 Å². The average Bonchev–Trinajstić information content (AvgIpc) is 2.93. The van der Waals surface area contributed by atoms with Gasteiger partial charge >= 0.3 is 0 Å². The molecule has 2 aromatic rings. The van der Waals surface area contributed by atoms with Crippen LogP contribution in [0.25, 0.3) is 0 Å². The number of benzene rings is 2. The van der Waals surface area contributed by atoms with E-state index in [-0.39, 0.29) is 5.54 Å². The van der Waals surface area contributed by atoms with E-state index in [1.54, 1.807) is 0 Å². The van der Waals surface area contributed by atoms with Crippen LogP contribution in [0.5, 0.6) is 0 Å². The number of anilines is 2. The van der Waals surface area contributed by atoms with Crippen molar-refractivity contribution in [1.82, 2.24) is 10.6 Å². The number of nitrogens with zero attached hydrogens (tertiary/aromatic N) is 2. The highest BCUT2D eigenvalue weighted by molar-refractivity contribution is 5.48. The first-order valence-corrected chi connectivity index (χ1v) is 15.6. The smallest absolute Gasteiger partial charge is 0.0366 e. The van der Waals surface area contributed by atoms with Gasteiger partial charge in [0.1, 0.15) is 0 Å². The van der Waals surface area contributed by atoms with E-state index in [0.717, 1.165) is 45.8 Å². The van der Waals surface area contributed by atoms with Gasteiger partial charge in [-0.1, -0.05) is 77.6 Å². The fourth-order valence-electron chi connectivity index (χ4n) is 4.71. The predicted molar refractivity (Wildman–Crippen MR) is 170 cm³/mol. The molecule has 2 N–H and O–H groups in total. The Balaban J connectivity index is 1.81. The van der Waals surface area contributed by atoms with Crippen molar-refractivity contribution < 1.29 is 0 Å². The second-order valence-corrected chi connectivity index (χ2v) is 11.6. The molecular formula is C34H58N4. The summed E-state index contributed by atoms with van der Waals surface area (Å²) in [6.07, 6.45) is 10.0. The predicted octanol–water partition coefficient (Wildman–Crippen LogP) is 8.16. The molecular weight excluding hydrogens is 464 g/mol. The van der Waals surface area contributed by atoms with Crippen molar-refractivity contribution in [3.8, 4) is 0 Å². The first-order chi connectivity index (χ1) is 18.4. The Kier molecular flexibility index (Phi) is 15.5. The Hall–Kier alpha value is -2.04. The van der Waals surface area contributed by atoms with Gasteiger partial charge in [-0.2, -0.15) is 0 Å². The van der Waals surface area contributed by atoms with Crippen molar-refractivity contribution in [3.63, 3.8) is 0 Å². The molecule has 0 heterocycles. The number of nitrogens with one attached hydrogen (secondary N) is 2. The van der Waals surface area contributed by atoms with Gasteiger partial charge in [0.15, 0.2) is 0 Å². The van der Waals surface area contributed by atoms with Crippen LogP contribution in [0.3, 0.4) is 0 Å². The highest BCUT2D eigenvalue weighted by Crippen LogP contribution is 2.19. The molecule has 2 rings (SSSR count). The van der Waals surface area contributed by atoms with E-state index in [1.165, 1.54) is 73.9 Å². The Morgan fingerprint density at radius 2 is 0.921 bits per heavy atom. The molecule has 0 fully saturated rings. The van der Waals surface area contributed by atoms with Gasteiger partial charge in [-0.15, -0.1) is 0 Å². The molecule has 0 aromatic heterocycles. The minimum atomic E-state index is 0.0179. The van der Waals surface area contributed by atoms with E-state index < -0.39 is 0 Å². The molecule has 0 atom stereocenters. The molecule has 0 unspecified atom stereocenters. The minimum Gasteiger partial charge on any atom is -0.372 e. The SMILES string of the molecule is CCCCN(CCCC)c1ccc(CNCC(C)(C)NCc2ccc(N(CCCC)CCCC)cc2)cc1. The number of hydrogen-bond donors (Lipinski definition) is 2. The number of hydrogen-bond acceptors (Lipinski definition) is 4. The molecule has 0 spiro atoms. The zero-order chi connectivity index (χ0) is 27.6. The topological polar surface area (TPSA) is 30.5 Å². The van der Waals surface area contributed by atoms with Gasteiger partial charge in [0.2, 0.25) is 0 Å². The fraction of sp³-hybridized carbons (Fsp3) is 0.647. The zero-order valence-electron chi connectivity index (χ0n) is 25.6. The van der Waals surface area contributed by atoms with E-state index in [9.17, 15) is 0 Å². The first-order valence-electron chi connectivity index (χ1n) is 15.6. The van der Waals surface area contributed by atoms with Crippen LogP contribution in [-0.4, -0.2) is 38.3 Å². The molecule has 0 saturated heterocycles. The van der Waals surface area contributed by atoms with Crippen LogP contribution in [-0.2, 0) is 13.1 Å². The second kappa shape index (κ2) is 18.3. The average molecular weight is 523 g/mol. The van der Waals surface area contributed by atoms with Gasteiger partial charge in [-0.05, 0) is 74.9 Å². The van der Waals surface area contributed by atoms with Gasteiger partial charge < -0.3 is 20.4 Å². The molecule has 0 saturated carbocycles. The highest BCUT2D eigenvalue weighted by atomic mass is 15.1. The zero-order valence-corrected chi connectivity index (χ0v) is 25.6. The van der Waals surface area contributed by atoms with Crippen molar-refractivity contribution in [2.75, 3.05) is 42.5 Å². The van der Waals surface area contributed by atoms with Crippen molar-refractivity contribution in [2.45, 2.75) is 112 Å². The van der Waals surface area contributed by atoms with Gasteiger partial charge in [-0.3, -0.25) is 0 Å². The Bertz CT molecular complexity index is 828. The molecule has 38 heavy (non-hydrogen) atoms. The third kappa shape index (κ3) is 12.2. The summed E-state index contributed by atoms with van der Waals surface area (Å²) in [7, 11) is 0. The number of unbranched alkanes of at least 4 members (excludes halogenated alkanes) is 4. The lowest BCUT2D eigenvalue weighted by atomic mass is 10.0. The molecule has 0 amide bonds. The molecule has 0 aliphatic carbocycles. The largest absolute Gasteiger partial charge is 0.372 e. The van der Waals surface area contributed by atoms with Crippen LogP contribution in [0.2, 0.25) is 0 Å². The highest BCUT2D eigenvalue weighted by Gasteiger charge is 2.16. The normalized spacial score (nSPS) is 11.6. The summed E-state index contributed by atoms with van der Waals surface area (Å²) in [5.41, 5.74) is 5.44. The Morgan fingerprint density at radius 3 is 1.29 bits per heavy atom. The molecule has 4 nitrogen and oxygen atoms in total. The van der Waals surface area contributed by atoms with E-state index in [4.69, 9.17) is 0 Å². The van der Waals surface area contributed by atoms with Gasteiger partial charge in [0.05, 0.1) is 0 Å². The van der Waals surface area contributed by atoms with E-state index in [1.807, 2.05) is 0 Å². The summed E-state index contributed by atoms with van der Waals surface area (Å²) >= 11 is 0. The standard InChI is InChI=1S/C34H58N4/c1-7-11-23-37(24-12-8-2)32-19-15-30(16-20-32)27-35-29-34(5,6)36-28-31-17-21-33(22-18-31)38(25-13-9-3)26-14-10-4/h15-22,35-36H,7-14,23-29H2,1-6H3. The molecule has 0 aliphatic rings. The molecule has 0 bridgehead atoms. The van der Waals surface area contributed by atoms with Crippen LogP contribution in [0.1, 0.15) is 104 Å². The van der Waals surface area contributed by atoms with Crippen LogP contribution < -0.4 is 20.4 Å². The lowest BCUT2D eigenvalue weighted by molar-refractivity contribution is 0.362. The first kappa shape index (κ1) is 32.2. The third-order valence-corrected chi connectivity index (χ3v) is 7.40. The quantitative estimate of drug-likeness (QED) is 0.173. The van der Waals surface area contributed by atoms with Crippen molar-refractivity contribution >= 4 is 11.4 Å². The van der Waals surface area contributed by atoms with Crippen LogP contribution in [0.4, 0.5) is 11.4 Å². The van der Waals surface area contributed by atoms with Gasteiger partial charge in [0, 0.05) is 62.7 Å². The van der Waals surface area contributed by atoms with Crippen molar-refractivity contribution in [2.24, 2.45) is 0 Å². The lowest BCUT2D eigenvalue weighted by Gasteiger charge is -2.28. The minimum absolute atomic E-state index is 0.0179. The van der Waals surface area contributed by atoms with Crippen LogP contribution >= 0.6 is 0 Å². The molecule has 2 aromatic carbocycles. The van der Waals surface area contributed by atoms with Crippen LogP contribution in [0.15, 0.2) is 48.5 Å². The molecule has 214 valence electrons. The summed E-state index contributed by atoms with van der Waals surface area (Å²) < 4.78 is 0. The van der Waals surface area contributed by atoms with Gasteiger partial charge in [-0.25, -0.2) is 0 Å². The summed E-state index contributed by atoms with van der Waals surface area (Å²) in [6, 6.07) is 18.4. The molecule has 0 radical (unpaired) electrons. The second-order valence-electron chi connectivity index (χ2n) is 11.6. The summed E-state index contributed by atoms with van der Waals surface area (Å²) in [5, 5.41) is 7.44. The van der Waals surface area contributed by atoms with E-state index in [0.29, 0.717) is 0 Å². The molecule has 4 heteroatoms. The summed E-state index contributed by atoms with van der Waals surface area (Å²) in [5.74, 6) is 0. The molecule has 0 aliphatic heterocycles. The summed E-state index contributed by atoms with van der Waals surface area (Å²) in [6.45, 7) is 21.0. The van der Waals surface area contributed by atoms with Gasteiger partial charge in [0.25, 0.3) is 0 Å². The fourth-order valence-corrected chi connectivity index (χ4v) is 4.71. The van der Waals surface area contributed by atoms with Crippen molar-refractivity contribution in [3.05, 3.63) is 59.7 Å². The van der Waals surface area contributed by atoms with E-state index in [2.05, 4.69) is 111 Å². The Morgan fingerprint density at radius 1 is 0.553 bits per heavy atom. The van der Waals surface area contributed by atoms with E-state index >= 15 is 0 Å². The summed E-state index contributed by atoms with van der Waals surface area (Å²) in [4.78, 5) is 5.11.